The third-order valence-corrected chi connectivity index (χ3v) is 6.63. The zero-order chi connectivity index (χ0) is 26.3. The highest BCUT2D eigenvalue weighted by Crippen LogP contribution is 2.36. The van der Waals surface area contributed by atoms with E-state index >= 15 is 0 Å². The van der Waals surface area contributed by atoms with Gasteiger partial charge in [0.2, 0.25) is 0 Å². The number of hydrogen-bond donors (Lipinski definition) is 1. The molecule has 0 atom stereocenters. The van der Waals surface area contributed by atoms with E-state index in [2.05, 4.69) is 10.3 Å². The molecule has 3 aromatic rings. The SMILES string of the molecule is CCc1c(C(=O)NS(=O)(=O)c2cc(C(F)(F)F)ccc2Cl)nnn1-c1ccc(Cl)cc1C(F)(F)F. The van der Waals surface area contributed by atoms with Gasteiger partial charge >= 0.3 is 12.4 Å². The van der Waals surface area contributed by atoms with Crippen molar-refractivity contribution in [3.05, 3.63) is 69.0 Å². The van der Waals surface area contributed by atoms with Gasteiger partial charge in [0.25, 0.3) is 15.9 Å². The molecule has 3 rings (SSSR count). The molecule has 1 amide bonds. The number of sulfonamides is 1. The maximum Gasteiger partial charge on any atom is 0.418 e. The molecule has 7 nitrogen and oxygen atoms in total. The molecule has 35 heavy (non-hydrogen) atoms. The molecule has 0 aliphatic rings. The highest BCUT2D eigenvalue weighted by atomic mass is 35.5. The molecule has 16 heteroatoms. The number of carbonyl (C=O) groups is 1. The summed E-state index contributed by atoms with van der Waals surface area (Å²) in [5.74, 6) is -1.44. The number of amides is 1. The highest BCUT2D eigenvalue weighted by Gasteiger charge is 2.36. The van der Waals surface area contributed by atoms with Crippen molar-refractivity contribution < 1.29 is 39.6 Å². The van der Waals surface area contributed by atoms with Crippen LogP contribution in [-0.4, -0.2) is 29.3 Å². The molecule has 0 radical (unpaired) electrons. The number of benzene rings is 2. The highest BCUT2D eigenvalue weighted by molar-refractivity contribution is 7.90. The second-order valence-electron chi connectivity index (χ2n) is 6.89. The van der Waals surface area contributed by atoms with Crippen molar-refractivity contribution in [2.75, 3.05) is 0 Å². The minimum atomic E-state index is -4.94. The molecule has 0 aliphatic carbocycles. The Kier molecular flexibility index (Phi) is 7.12. The van der Waals surface area contributed by atoms with E-state index in [1.54, 1.807) is 0 Å². The van der Waals surface area contributed by atoms with Crippen LogP contribution in [0, 0.1) is 0 Å². The monoisotopic (exact) mass is 560 g/mol. The van der Waals surface area contributed by atoms with E-state index in [1.807, 2.05) is 0 Å². The van der Waals surface area contributed by atoms with Crippen LogP contribution in [0.25, 0.3) is 5.69 Å². The van der Waals surface area contributed by atoms with E-state index in [1.165, 1.54) is 11.6 Å². The molecule has 1 heterocycles. The second-order valence-corrected chi connectivity index (χ2v) is 9.38. The minimum Gasteiger partial charge on any atom is -0.266 e. The van der Waals surface area contributed by atoms with E-state index in [9.17, 15) is 39.6 Å². The Morgan fingerprint density at radius 1 is 1.03 bits per heavy atom. The Balaban J connectivity index is 2.04. The van der Waals surface area contributed by atoms with Crippen LogP contribution in [0.1, 0.15) is 34.2 Å². The van der Waals surface area contributed by atoms with Gasteiger partial charge in [0, 0.05) is 5.02 Å². The molecule has 0 saturated heterocycles. The predicted molar refractivity (Wildman–Crippen MR) is 112 cm³/mol. The van der Waals surface area contributed by atoms with Crippen LogP contribution in [0.2, 0.25) is 10.0 Å². The lowest BCUT2D eigenvalue weighted by Gasteiger charge is -2.14. The van der Waals surface area contributed by atoms with Crippen molar-refractivity contribution in [2.24, 2.45) is 0 Å². The van der Waals surface area contributed by atoms with Crippen LogP contribution in [-0.2, 0) is 28.8 Å². The summed E-state index contributed by atoms with van der Waals surface area (Å²) < 4.78 is 107. The lowest BCUT2D eigenvalue weighted by Crippen LogP contribution is -2.32. The van der Waals surface area contributed by atoms with Crippen molar-refractivity contribution in [1.29, 1.82) is 0 Å². The smallest absolute Gasteiger partial charge is 0.266 e. The molecule has 0 aliphatic heterocycles. The molecule has 0 fully saturated rings. The van der Waals surface area contributed by atoms with Crippen molar-refractivity contribution in [1.82, 2.24) is 19.7 Å². The topological polar surface area (TPSA) is 93.9 Å². The zero-order valence-electron chi connectivity index (χ0n) is 17.2. The first-order valence-electron chi connectivity index (χ1n) is 9.32. The van der Waals surface area contributed by atoms with Gasteiger partial charge in [0.05, 0.1) is 27.5 Å². The van der Waals surface area contributed by atoms with Gasteiger partial charge in [-0.3, -0.25) is 4.79 Å². The molecule has 0 bridgehead atoms. The first-order valence-corrected chi connectivity index (χ1v) is 11.6. The van der Waals surface area contributed by atoms with E-state index < -0.39 is 60.7 Å². The molecule has 1 N–H and O–H groups in total. The standard InChI is InChI=1S/C19H12Cl2F6N4O3S/c1-2-13-16(28-30-31(13)14-6-4-10(20)8-11(14)19(25,26)27)17(32)29-35(33,34)15-7-9(18(22,23)24)3-5-12(15)21/h3-8H,2H2,1H3,(H,29,32). The van der Waals surface area contributed by atoms with Gasteiger partial charge in [0.15, 0.2) is 5.69 Å². The maximum atomic E-state index is 13.5. The van der Waals surface area contributed by atoms with Gasteiger partial charge in [-0.2, -0.15) is 26.3 Å². The zero-order valence-corrected chi connectivity index (χ0v) is 19.5. The maximum absolute atomic E-state index is 13.5. The molecular weight excluding hydrogens is 549 g/mol. The van der Waals surface area contributed by atoms with Gasteiger partial charge in [0.1, 0.15) is 4.90 Å². The summed E-state index contributed by atoms with van der Waals surface area (Å²) in [5.41, 5.74) is -3.94. The number of halogens is 8. The fraction of sp³-hybridized carbons (Fsp3) is 0.211. The number of hydrogen-bond acceptors (Lipinski definition) is 5. The van der Waals surface area contributed by atoms with Crippen LogP contribution in [0.3, 0.4) is 0 Å². The van der Waals surface area contributed by atoms with E-state index in [-0.39, 0.29) is 23.2 Å². The van der Waals surface area contributed by atoms with E-state index in [4.69, 9.17) is 23.2 Å². The summed E-state index contributed by atoms with van der Waals surface area (Å²) in [7, 11) is -4.94. The van der Waals surface area contributed by atoms with Crippen molar-refractivity contribution in [3.8, 4) is 5.69 Å². The van der Waals surface area contributed by atoms with Gasteiger partial charge in [-0.1, -0.05) is 35.3 Å². The number of carbonyl (C=O) groups excluding carboxylic acids is 1. The van der Waals surface area contributed by atoms with Crippen LogP contribution in [0.5, 0.6) is 0 Å². The Labute approximate surface area is 203 Å². The number of aromatic nitrogens is 3. The third-order valence-electron chi connectivity index (χ3n) is 4.58. The Bertz CT molecular complexity index is 1400. The van der Waals surface area contributed by atoms with E-state index in [0.29, 0.717) is 22.9 Å². The first kappa shape index (κ1) is 26.8. The lowest BCUT2D eigenvalue weighted by atomic mass is 10.1. The molecular formula is C19H12Cl2F6N4O3S. The summed E-state index contributed by atoms with van der Waals surface area (Å²) in [6, 6.07) is 4.24. The molecule has 188 valence electrons. The molecule has 0 unspecified atom stereocenters. The number of alkyl halides is 6. The fourth-order valence-electron chi connectivity index (χ4n) is 3.02. The van der Waals surface area contributed by atoms with Crippen molar-refractivity contribution in [3.63, 3.8) is 0 Å². The van der Waals surface area contributed by atoms with Crippen molar-refractivity contribution >= 4 is 39.1 Å². The van der Waals surface area contributed by atoms with Crippen LogP contribution < -0.4 is 4.72 Å². The van der Waals surface area contributed by atoms with Gasteiger partial charge < -0.3 is 0 Å². The van der Waals surface area contributed by atoms with Gasteiger partial charge in [-0.05, 0) is 42.8 Å². The second kappa shape index (κ2) is 9.32. The summed E-state index contributed by atoms with van der Waals surface area (Å²) in [4.78, 5) is 11.6. The summed E-state index contributed by atoms with van der Waals surface area (Å²) in [5, 5.41) is 6.21. The number of rotatable bonds is 5. The summed E-state index contributed by atoms with van der Waals surface area (Å²) >= 11 is 11.4. The average molecular weight is 561 g/mol. The Morgan fingerprint density at radius 2 is 1.69 bits per heavy atom. The van der Waals surface area contributed by atoms with Crippen LogP contribution >= 0.6 is 23.2 Å². The molecule has 1 aromatic heterocycles. The quantitative estimate of drug-likeness (QED) is 0.428. The molecule has 0 spiro atoms. The van der Waals surface area contributed by atoms with E-state index in [0.717, 1.165) is 12.1 Å². The third kappa shape index (κ3) is 5.54. The number of nitrogens with zero attached hydrogens (tertiary/aromatic N) is 3. The summed E-state index contributed by atoms with van der Waals surface area (Å²) in [6.45, 7) is 1.44. The number of nitrogens with one attached hydrogen (secondary N) is 1. The van der Waals surface area contributed by atoms with Crippen LogP contribution in [0.4, 0.5) is 26.3 Å². The fourth-order valence-corrected chi connectivity index (χ4v) is 4.67. The minimum absolute atomic E-state index is 0.125. The Hall–Kier alpha value is -2.84. The Morgan fingerprint density at radius 3 is 2.26 bits per heavy atom. The first-order chi connectivity index (χ1) is 16.1. The molecule has 0 saturated carbocycles. The average Bonchev–Trinajstić information content (AvgIpc) is 3.16. The lowest BCUT2D eigenvalue weighted by molar-refractivity contribution is -0.138. The van der Waals surface area contributed by atoms with Crippen molar-refractivity contribution in [2.45, 2.75) is 30.6 Å². The normalized spacial score (nSPS) is 12.6. The summed E-state index contributed by atoms with van der Waals surface area (Å²) in [6.07, 6.45) is -9.88. The predicted octanol–water partition coefficient (Wildman–Crippen LogP) is 5.29. The van der Waals surface area contributed by atoms with Crippen LogP contribution in [0.15, 0.2) is 41.3 Å². The van der Waals surface area contributed by atoms with Gasteiger partial charge in [-0.15, -0.1) is 5.10 Å². The largest absolute Gasteiger partial charge is 0.418 e. The van der Waals surface area contributed by atoms with Gasteiger partial charge in [-0.25, -0.2) is 17.8 Å². The molecule has 2 aromatic carbocycles.